The Morgan fingerprint density at radius 1 is 0.966 bits per heavy atom. The second-order valence-corrected chi connectivity index (χ2v) is 10.1. The van der Waals surface area contributed by atoms with Crippen LogP contribution in [-0.2, 0) is 22.0 Å². The molecule has 2 unspecified atom stereocenters. The number of nitrogens with one attached hydrogen (secondary N) is 1. The van der Waals surface area contributed by atoms with Crippen LogP contribution in [0, 0.1) is 5.92 Å². The summed E-state index contributed by atoms with van der Waals surface area (Å²) in [6.45, 7) is 9.80. The van der Waals surface area contributed by atoms with Crippen LogP contribution >= 0.6 is 0 Å². The first kappa shape index (κ1) is 22.0. The van der Waals surface area contributed by atoms with Gasteiger partial charge in [0.1, 0.15) is 22.0 Å². The highest BCUT2D eigenvalue weighted by molar-refractivity contribution is 7.86. The molecular formula is C22H31N3O2S2. The lowest BCUT2D eigenvalue weighted by atomic mass is 9.98. The molecule has 0 spiro atoms. The Morgan fingerprint density at radius 2 is 1.55 bits per heavy atom. The average Bonchev–Trinajstić information content (AvgIpc) is 2.75. The second-order valence-electron chi connectivity index (χ2n) is 7.39. The van der Waals surface area contributed by atoms with Gasteiger partial charge in [-0.2, -0.15) is 0 Å². The van der Waals surface area contributed by atoms with E-state index in [0.717, 1.165) is 48.4 Å². The topological polar surface area (TPSA) is 52.7 Å². The smallest absolute Gasteiger partial charge is 0.150 e. The molecule has 1 aliphatic heterocycles. The van der Waals surface area contributed by atoms with Crippen molar-refractivity contribution in [1.82, 2.24) is 4.31 Å². The quantitative estimate of drug-likeness (QED) is 0.670. The molecule has 7 heteroatoms. The highest BCUT2D eigenvalue weighted by atomic mass is 32.2. The maximum absolute atomic E-state index is 12.9. The minimum absolute atomic E-state index is 0.673. The SMILES string of the molecule is CCN(CC)S(=O)c1ccc(S(=O)Nc2ccccc2N2CCC(C)CC2)cc1. The van der Waals surface area contributed by atoms with Gasteiger partial charge in [0.15, 0.2) is 0 Å². The van der Waals surface area contributed by atoms with E-state index in [4.69, 9.17) is 0 Å². The Labute approximate surface area is 179 Å². The molecule has 0 radical (unpaired) electrons. The number of hydrogen-bond acceptors (Lipinski definition) is 3. The van der Waals surface area contributed by atoms with E-state index in [1.807, 2.05) is 36.4 Å². The number of para-hydroxylation sites is 2. The number of benzene rings is 2. The van der Waals surface area contributed by atoms with Crippen LogP contribution in [0.1, 0.15) is 33.6 Å². The summed E-state index contributed by atoms with van der Waals surface area (Å²) in [5.41, 5.74) is 1.99. The molecule has 2 aromatic rings. The first-order chi connectivity index (χ1) is 14.0. The third-order valence-electron chi connectivity index (χ3n) is 5.41. The molecule has 1 heterocycles. The minimum Gasteiger partial charge on any atom is -0.370 e. The van der Waals surface area contributed by atoms with E-state index in [0.29, 0.717) is 4.90 Å². The van der Waals surface area contributed by atoms with E-state index in [-0.39, 0.29) is 0 Å². The summed E-state index contributed by atoms with van der Waals surface area (Å²) in [5.74, 6) is 0.765. The summed E-state index contributed by atoms with van der Waals surface area (Å²) < 4.78 is 30.5. The van der Waals surface area contributed by atoms with E-state index >= 15 is 0 Å². The minimum atomic E-state index is -1.38. The van der Waals surface area contributed by atoms with E-state index in [1.54, 1.807) is 24.3 Å². The van der Waals surface area contributed by atoms with Crippen molar-refractivity contribution in [2.75, 3.05) is 35.8 Å². The molecule has 2 atom stereocenters. The van der Waals surface area contributed by atoms with Gasteiger partial charge in [-0.05, 0) is 55.2 Å². The van der Waals surface area contributed by atoms with Crippen molar-refractivity contribution in [2.24, 2.45) is 5.92 Å². The molecule has 1 aliphatic rings. The van der Waals surface area contributed by atoms with E-state index < -0.39 is 22.0 Å². The van der Waals surface area contributed by atoms with Gasteiger partial charge < -0.3 is 4.90 Å². The average molecular weight is 434 g/mol. The zero-order valence-electron chi connectivity index (χ0n) is 17.5. The molecule has 0 aliphatic carbocycles. The van der Waals surface area contributed by atoms with Crippen LogP contribution in [0.25, 0.3) is 0 Å². The summed E-state index contributed by atoms with van der Waals surface area (Å²) in [7, 11) is -2.56. The van der Waals surface area contributed by atoms with Crippen LogP contribution in [0.5, 0.6) is 0 Å². The Hall–Kier alpha value is -1.70. The fraction of sp³-hybridized carbons (Fsp3) is 0.455. The van der Waals surface area contributed by atoms with Crippen molar-refractivity contribution in [2.45, 2.75) is 43.4 Å². The summed E-state index contributed by atoms with van der Waals surface area (Å²) in [4.78, 5) is 3.78. The molecule has 0 amide bonds. The maximum Gasteiger partial charge on any atom is 0.150 e. The van der Waals surface area contributed by atoms with Crippen LogP contribution in [0.2, 0.25) is 0 Å². The van der Waals surface area contributed by atoms with Crippen molar-refractivity contribution in [3.63, 3.8) is 0 Å². The second kappa shape index (κ2) is 10.4. The molecule has 158 valence electrons. The van der Waals surface area contributed by atoms with Crippen LogP contribution in [0.4, 0.5) is 11.4 Å². The number of hydrogen-bond donors (Lipinski definition) is 1. The highest BCUT2D eigenvalue weighted by Crippen LogP contribution is 2.30. The lowest BCUT2D eigenvalue weighted by Gasteiger charge is -2.33. The third kappa shape index (κ3) is 5.47. The van der Waals surface area contributed by atoms with E-state index in [2.05, 4.69) is 22.6 Å². The standard InChI is InChI=1S/C22H31N3O2S2/c1-4-25(5-2)29(27)20-12-10-19(11-13-20)28(26)23-21-8-6-7-9-22(21)24-16-14-18(3)15-17-24/h6-13,18,23H,4-5,14-17H2,1-3H3. The fourth-order valence-electron chi connectivity index (χ4n) is 3.53. The van der Waals surface area contributed by atoms with Gasteiger partial charge in [0.2, 0.25) is 0 Å². The highest BCUT2D eigenvalue weighted by Gasteiger charge is 2.19. The zero-order valence-corrected chi connectivity index (χ0v) is 19.1. The molecular weight excluding hydrogens is 402 g/mol. The van der Waals surface area contributed by atoms with Crippen LogP contribution in [0.15, 0.2) is 58.3 Å². The number of rotatable bonds is 8. The third-order valence-corrected chi connectivity index (χ3v) is 8.18. The molecule has 1 N–H and O–H groups in total. The van der Waals surface area contributed by atoms with Gasteiger partial charge in [0.25, 0.3) is 0 Å². The molecule has 1 fully saturated rings. The Kier molecular flexibility index (Phi) is 7.86. The van der Waals surface area contributed by atoms with Gasteiger partial charge in [-0.15, -0.1) is 0 Å². The Bertz CT molecular complexity index is 845. The number of nitrogens with zero attached hydrogens (tertiary/aromatic N) is 2. The van der Waals surface area contributed by atoms with Crippen molar-refractivity contribution in [3.8, 4) is 0 Å². The molecule has 1 saturated heterocycles. The van der Waals surface area contributed by atoms with Gasteiger partial charge in [0, 0.05) is 26.2 Å². The predicted molar refractivity (Wildman–Crippen MR) is 123 cm³/mol. The summed E-state index contributed by atoms with van der Waals surface area (Å²) in [6, 6.07) is 15.3. The van der Waals surface area contributed by atoms with Crippen molar-refractivity contribution in [3.05, 3.63) is 48.5 Å². The largest absolute Gasteiger partial charge is 0.370 e. The van der Waals surface area contributed by atoms with Crippen LogP contribution < -0.4 is 9.62 Å². The Morgan fingerprint density at radius 3 is 2.17 bits per heavy atom. The lowest BCUT2D eigenvalue weighted by molar-refractivity contribution is 0.439. The van der Waals surface area contributed by atoms with E-state index in [1.165, 1.54) is 12.8 Å². The fourth-order valence-corrected chi connectivity index (χ4v) is 5.54. The van der Waals surface area contributed by atoms with Crippen LogP contribution in [-0.4, -0.2) is 38.9 Å². The summed E-state index contributed by atoms with van der Waals surface area (Å²) >= 11 is 0. The first-order valence-electron chi connectivity index (χ1n) is 10.3. The first-order valence-corrected chi connectivity index (χ1v) is 12.6. The molecule has 29 heavy (non-hydrogen) atoms. The summed E-state index contributed by atoms with van der Waals surface area (Å²) in [5, 5.41) is 0. The van der Waals surface area contributed by atoms with Crippen LogP contribution in [0.3, 0.4) is 0 Å². The normalized spacial score (nSPS) is 17.3. The maximum atomic E-state index is 12.9. The molecule has 0 aromatic heterocycles. The Balaban J connectivity index is 1.72. The lowest BCUT2D eigenvalue weighted by Crippen LogP contribution is -2.33. The van der Waals surface area contributed by atoms with Gasteiger partial charge in [-0.25, -0.2) is 12.7 Å². The number of anilines is 2. The predicted octanol–water partition coefficient (Wildman–Crippen LogP) is 4.42. The van der Waals surface area contributed by atoms with Gasteiger partial charge >= 0.3 is 0 Å². The van der Waals surface area contributed by atoms with E-state index in [9.17, 15) is 8.42 Å². The molecule has 5 nitrogen and oxygen atoms in total. The molecule has 2 aromatic carbocycles. The summed E-state index contributed by atoms with van der Waals surface area (Å²) in [6.07, 6.45) is 2.37. The van der Waals surface area contributed by atoms with Gasteiger partial charge in [-0.1, -0.05) is 32.9 Å². The zero-order chi connectivity index (χ0) is 20.8. The van der Waals surface area contributed by atoms with Crippen molar-refractivity contribution in [1.29, 1.82) is 0 Å². The van der Waals surface area contributed by atoms with Gasteiger partial charge in [-0.3, -0.25) is 4.72 Å². The molecule has 3 rings (SSSR count). The molecule has 0 bridgehead atoms. The molecule has 0 saturated carbocycles. The number of piperidine rings is 1. The monoisotopic (exact) mass is 433 g/mol. The van der Waals surface area contributed by atoms with Crippen molar-refractivity contribution >= 4 is 33.3 Å². The van der Waals surface area contributed by atoms with Crippen molar-refractivity contribution < 1.29 is 8.42 Å². The van der Waals surface area contributed by atoms with Gasteiger partial charge in [0.05, 0.1) is 21.2 Å².